The van der Waals surface area contributed by atoms with Gasteiger partial charge in [0.05, 0.1) is 4.90 Å². The molecule has 0 saturated heterocycles. The van der Waals surface area contributed by atoms with E-state index in [-0.39, 0.29) is 19.9 Å². The summed E-state index contributed by atoms with van der Waals surface area (Å²) in [5, 5.41) is 6.17. The molecule has 0 aliphatic rings. The Hall–Kier alpha value is -1.65. The quantitative estimate of drug-likeness (QED) is 0.869. The number of halogens is 1. The Bertz CT molecular complexity index is 808. The molecule has 1 N–H and O–H groups in total. The predicted molar refractivity (Wildman–Crippen MR) is 74.2 cm³/mol. The molecule has 1 heterocycles. The predicted octanol–water partition coefficient (Wildman–Crippen LogP) is 2.01. The Labute approximate surface area is 122 Å². The van der Waals surface area contributed by atoms with Gasteiger partial charge in [-0.15, -0.1) is 9.19 Å². The number of carbonyl (C=O) groups excluding carboxylic acids is 1. The third-order valence-electron chi connectivity index (χ3n) is 2.14. The summed E-state index contributed by atoms with van der Waals surface area (Å²) in [6, 6.07) is 4.28. The zero-order valence-corrected chi connectivity index (χ0v) is 12.5. The molecule has 0 bridgehead atoms. The van der Waals surface area contributed by atoms with Crippen LogP contribution in [-0.2, 0) is 14.8 Å². The standard InChI is InChI=1S/C10H8FN3O3S3/c1-6(15)12-9-13-14(10(18)19-9)20(16,17)8-4-2-7(11)3-5-8/h2-5H,1H3,(H,12,13,15). The van der Waals surface area contributed by atoms with Crippen LogP contribution in [0, 0.1) is 9.77 Å². The Morgan fingerprint density at radius 3 is 2.55 bits per heavy atom. The van der Waals surface area contributed by atoms with Crippen LogP contribution in [0.25, 0.3) is 0 Å². The first-order chi connectivity index (χ1) is 9.30. The van der Waals surface area contributed by atoms with Crippen molar-refractivity contribution >= 4 is 44.6 Å². The van der Waals surface area contributed by atoms with Gasteiger partial charge >= 0.3 is 0 Å². The molecule has 1 aromatic heterocycles. The summed E-state index contributed by atoms with van der Waals surface area (Å²) in [7, 11) is -4.01. The summed E-state index contributed by atoms with van der Waals surface area (Å²) in [5.74, 6) is -0.940. The van der Waals surface area contributed by atoms with Gasteiger partial charge in [-0.3, -0.25) is 4.79 Å². The van der Waals surface area contributed by atoms with Crippen LogP contribution in [0.1, 0.15) is 6.92 Å². The number of rotatable bonds is 3. The molecule has 1 amide bonds. The van der Waals surface area contributed by atoms with Crippen molar-refractivity contribution in [3.63, 3.8) is 0 Å². The van der Waals surface area contributed by atoms with E-state index in [0.29, 0.717) is 4.09 Å². The number of aromatic nitrogens is 2. The lowest BCUT2D eigenvalue weighted by Crippen LogP contribution is -2.15. The normalized spacial score (nSPS) is 11.3. The number of nitrogens with one attached hydrogen (secondary N) is 1. The van der Waals surface area contributed by atoms with E-state index in [1.807, 2.05) is 0 Å². The van der Waals surface area contributed by atoms with Gasteiger partial charge in [0, 0.05) is 6.92 Å². The fourth-order valence-corrected chi connectivity index (χ4v) is 4.02. The fraction of sp³-hybridized carbons (Fsp3) is 0.100. The van der Waals surface area contributed by atoms with Crippen LogP contribution in [0.4, 0.5) is 9.52 Å². The lowest BCUT2D eigenvalue weighted by Gasteiger charge is -2.03. The van der Waals surface area contributed by atoms with Gasteiger partial charge in [0.15, 0.2) is 3.95 Å². The van der Waals surface area contributed by atoms with E-state index in [9.17, 15) is 17.6 Å². The fourth-order valence-electron chi connectivity index (χ4n) is 1.32. The zero-order valence-electron chi connectivity index (χ0n) is 10.0. The van der Waals surface area contributed by atoms with E-state index in [1.165, 1.54) is 6.92 Å². The Morgan fingerprint density at radius 2 is 2.00 bits per heavy atom. The number of nitrogens with zero attached hydrogens (tertiary/aromatic N) is 2. The summed E-state index contributed by atoms with van der Waals surface area (Å²) < 4.78 is 37.9. The monoisotopic (exact) mass is 333 g/mol. The largest absolute Gasteiger partial charge is 0.301 e. The molecule has 2 rings (SSSR count). The van der Waals surface area contributed by atoms with Crippen molar-refractivity contribution in [2.45, 2.75) is 11.8 Å². The molecule has 0 aliphatic carbocycles. The molecule has 0 radical (unpaired) electrons. The van der Waals surface area contributed by atoms with E-state index >= 15 is 0 Å². The second-order valence-electron chi connectivity index (χ2n) is 3.66. The number of carbonyl (C=O) groups is 1. The van der Waals surface area contributed by atoms with Crippen LogP contribution in [0.2, 0.25) is 0 Å². The maximum Gasteiger partial charge on any atom is 0.285 e. The second-order valence-corrected chi connectivity index (χ2v) is 7.05. The van der Waals surface area contributed by atoms with Gasteiger partial charge in [-0.1, -0.05) is 11.3 Å². The molecule has 0 spiro atoms. The van der Waals surface area contributed by atoms with Gasteiger partial charge in [0.1, 0.15) is 5.82 Å². The highest BCUT2D eigenvalue weighted by molar-refractivity contribution is 7.90. The molecule has 10 heteroatoms. The van der Waals surface area contributed by atoms with Gasteiger partial charge in [0.2, 0.25) is 11.0 Å². The second kappa shape index (κ2) is 5.38. The van der Waals surface area contributed by atoms with Crippen molar-refractivity contribution in [2.75, 3.05) is 5.32 Å². The first-order valence-corrected chi connectivity index (χ1v) is 7.86. The van der Waals surface area contributed by atoms with Gasteiger partial charge in [0.25, 0.3) is 10.0 Å². The highest BCUT2D eigenvalue weighted by Gasteiger charge is 2.21. The number of benzene rings is 1. The van der Waals surface area contributed by atoms with Crippen molar-refractivity contribution < 1.29 is 17.6 Å². The van der Waals surface area contributed by atoms with Crippen molar-refractivity contribution in [1.82, 2.24) is 9.19 Å². The Kier molecular flexibility index (Phi) is 3.97. The highest BCUT2D eigenvalue weighted by atomic mass is 32.2. The molecule has 6 nitrogen and oxygen atoms in total. The maximum absolute atomic E-state index is 12.8. The van der Waals surface area contributed by atoms with E-state index < -0.39 is 15.8 Å². The molecule has 0 atom stereocenters. The Balaban J connectivity index is 2.49. The Morgan fingerprint density at radius 1 is 1.40 bits per heavy atom. The van der Waals surface area contributed by atoms with Crippen molar-refractivity contribution in [3.8, 4) is 0 Å². The molecule has 0 unspecified atom stereocenters. The van der Waals surface area contributed by atoms with Crippen LogP contribution in [-0.4, -0.2) is 23.5 Å². The first-order valence-electron chi connectivity index (χ1n) is 5.19. The smallest absolute Gasteiger partial charge is 0.285 e. The summed E-state index contributed by atoms with van der Waals surface area (Å²) >= 11 is 5.76. The minimum absolute atomic E-state index is 0.0434. The molecule has 0 aliphatic heterocycles. The third-order valence-corrected chi connectivity index (χ3v) is 5.11. The molecular formula is C10H8FN3O3S3. The molecule has 106 valence electrons. The van der Waals surface area contributed by atoms with Gasteiger partial charge < -0.3 is 5.32 Å². The average molecular weight is 333 g/mol. The molecule has 0 saturated carbocycles. The summed E-state index contributed by atoms with van der Waals surface area (Å²) in [6.45, 7) is 1.27. The molecule has 20 heavy (non-hydrogen) atoms. The van der Waals surface area contributed by atoms with Crippen molar-refractivity contribution in [3.05, 3.63) is 34.0 Å². The van der Waals surface area contributed by atoms with Crippen molar-refractivity contribution in [2.24, 2.45) is 0 Å². The van der Waals surface area contributed by atoms with Gasteiger partial charge in [-0.2, -0.15) is 8.42 Å². The zero-order chi connectivity index (χ0) is 14.9. The first kappa shape index (κ1) is 14.8. The van der Waals surface area contributed by atoms with Crippen LogP contribution in [0.15, 0.2) is 29.2 Å². The van der Waals surface area contributed by atoms with Crippen LogP contribution in [0.3, 0.4) is 0 Å². The SMILES string of the molecule is CC(=O)Nc1nn(S(=O)(=O)c2ccc(F)cc2)c(=S)s1. The minimum atomic E-state index is -4.01. The van der Waals surface area contributed by atoms with Crippen molar-refractivity contribution in [1.29, 1.82) is 0 Å². The minimum Gasteiger partial charge on any atom is -0.301 e. The average Bonchev–Trinajstić information content (AvgIpc) is 2.70. The number of hydrogen-bond acceptors (Lipinski definition) is 6. The van der Waals surface area contributed by atoms with Crippen LogP contribution < -0.4 is 5.32 Å². The lowest BCUT2D eigenvalue weighted by molar-refractivity contribution is -0.114. The topological polar surface area (TPSA) is 81.1 Å². The van der Waals surface area contributed by atoms with E-state index in [0.717, 1.165) is 35.6 Å². The molecule has 2 aromatic rings. The lowest BCUT2D eigenvalue weighted by atomic mass is 10.4. The molecular weight excluding hydrogens is 325 g/mol. The molecule has 0 fully saturated rings. The third kappa shape index (κ3) is 2.92. The van der Waals surface area contributed by atoms with Gasteiger partial charge in [-0.05, 0) is 36.5 Å². The molecule has 1 aromatic carbocycles. The van der Waals surface area contributed by atoms with Gasteiger partial charge in [-0.25, -0.2) is 4.39 Å². The maximum atomic E-state index is 12.8. The van der Waals surface area contributed by atoms with E-state index in [2.05, 4.69) is 10.4 Å². The van der Waals surface area contributed by atoms with E-state index in [1.54, 1.807) is 0 Å². The summed E-state index contributed by atoms with van der Waals surface area (Å²) in [4.78, 5) is 10.8. The highest BCUT2D eigenvalue weighted by Crippen LogP contribution is 2.20. The number of anilines is 1. The summed E-state index contributed by atoms with van der Waals surface area (Å²) in [6.07, 6.45) is 0. The number of amides is 1. The van der Waals surface area contributed by atoms with E-state index in [4.69, 9.17) is 12.2 Å². The number of hydrogen-bond donors (Lipinski definition) is 1. The van der Waals surface area contributed by atoms with Crippen LogP contribution in [0.5, 0.6) is 0 Å². The summed E-state index contributed by atoms with van der Waals surface area (Å²) in [5.41, 5.74) is 0. The van der Waals surface area contributed by atoms with Crippen LogP contribution >= 0.6 is 23.6 Å².